The summed E-state index contributed by atoms with van der Waals surface area (Å²) in [6.45, 7) is 8.53. The van der Waals surface area contributed by atoms with Crippen LogP contribution in [-0.4, -0.2) is 59.2 Å². The van der Waals surface area contributed by atoms with E-state index in [2.05, 4.69) is 28.0 Å². The molecule has 5 rings (SSSR count). The topological polar surface area (TPSA) is 53.1 Å². The standard InChI is InChI=1S/C28H35N3O3S/c1-2-34-26-15-6-5-13-24(26)30-21-19-29(20-22-30)17-7-3-4-8-18-31-25-14-9-11-23-12-10-16-27(28(23)25)35(31,32)33/h5-6,9-16H,2-4,7-8,17-22H2,1H3. The highest BCUT2D eigenvalue weighted by atomic mass is 32.2. The summed E-state index contributed by atoms with van der Waals surface area (Å²) in [4.78, 5) is 5.42. The molecule has 0 bridgehead atoms. The zero-order valence-electron chi connectivity index (χ0n) is 20.5. The van der Waals surface area contributed by atoms with Crippen LogP contribution in [0.1, 0.15) is 32.6 Å². The van der Waals surface area contributed by atoms with Crippen LogP contribution >= 0.6 is 0 Å². The molecule has 2 aliphatic rings. The van der Waals surface area contributed by atoms with Gasteiger partial charge in [-0.2, -0.15) is 0 Å². The second kappa shape index (κ2) is 10.5. The Bertz CT molecular complexity index is 1260. The fourth-order valence-electron chi connectivity index (χ4n) is 5.35. The van der Waals surface area contributed by atoms with Crippen molar-refractivity contribution in [1.82, 2.24) is 4.90 Å². The molecular formula is C28H35N3O3S. The molecule has 1 saturated heterocycles. The second-order valence-corrected chi connectivity index (χ2v) is 11.2. The highest BCUT2D eigenvalue weighted by Gasteiger charge is 2.34. The second-order valence-electron chi connectivity index (χ2n) is 9.35. The van der Waals surface area contributed by atoms with Crippen LogP contribution in [0.15, 0.2) is 65.6 Å². The van der Waals surface area contributed by atoms with Crippen LogP contribution < -0.4 is 13.9 Å². The fourth-order valence-corrected chi connectivity index (χ4v) is 7.10. The number of hydrogen-bond acceptors (Lipinski definition) is 5. The van der Waals surface area contributed by atoms with E-state index in [0.29, 0.717) is 18.0 Å². The molecule has 0 unspecified atom stereocenters. The molecule has 0 aliphatic carbocycles. The van der Waals surface area contributed by atoms with Gasteiger partial charge in [-0.1, -0.05) is 49.2 Å². The van der Waals surface area contributed by atoms with Crippen molar-refractivity contribution in [2.75, 3.05) is 55.1 Å². The third kappa shape index (κ3) is 4.84. The lowest BCUT2D eigenvalue weighted by Gasteiger charge is -2.36. The average molecular weight is 494 g/mol. The number of anilines is 2. The number of para-hydroxylation sites is 2. The molecule has 0 radical (unpaired) electrons. The van der Waals surface area contributed by atoms with Crippen molar-refractivity contribution in [3.05, 3.63) is 60.7 Å². The normalized spacial score (nSPS) is 17.3. The predicted octanol–water partition coefficient (Wildman–Crippen LogP) is 5.13. The minimum absolute atomic E-state index is 0.452. The molecule has 0 aromatic heterocycles. The van der Waals surface area contributed by atoms with Gasteiger partial charge < -0.3 is 9.64 Å². The van der Waals surface area contributed by atoms with Crippen LogP contribution in [0.5, 0.6) is 5.75 Å². The number of hydrogen-bond donors (Lipinski definition) is 0. The molecule has 35 heavy (non-hydrogen) atoms. The lowest BCUT2D eigenvalue weighted by Crippen LogP contribution is -2.46. The average Bonchev–Trinajstić information content (AvgIpc) is 3.10. The van der Waals surface area contributed by atoms with E-state index < -0.39 is 10.0 Å². The first-order chi connectivity index (χ1) is 17.1. The van der Waals surface area contributed by atoms with Crippen molar-refractivity contribution in [2.45, 2.75) is 37.5 Å². The Hall–Kier alpha value is -2.77. The summed E-state index contributed by atoms with van der Waals surface area (Å²) in [5.74, 6) is 0.975. The maximum Gasteiger partial charge on any atom is 0.265 e. The van der Waals surface area contributed by atoms with E-state index >= 15 is 0 Å². The summed E-state index contributed by atoms with van der Waals surface area (Å²) < 4.78 is 33.6. The van der Waals surface area contributed by atoms with Crippen LogP contribution in [0.25, 0.3) is 10.8 Å². The molecule has 0 atom stereocenters. The van der Waals surface area contributed by atoms with Crippen molar-refractivity contribution in [3.8, 4) is 5.75 Å². The van der Waals surface area contributed by atoms with E-state index in [1.807, 2.05) is 43.3 Å². The number of benzene rings is 3. The summed E-state index contributed by atoms with van der Waals surface area (Å²) in [5.41, 5.74) is 2.03. The smallest absolute Gasteiger partial charge is 0.265 e. The Morgan fingerprint density at radius 2 is 1.46 bits per heavy atom. The van der Waals surface area contributed by atoms with Gasteiger partial charge in [-0.15, -0.1) is 0 Å². The highest BCUT2D eigenvalue weighted by molar-refractivity contribution is 7.93. The lowest BCUT2D eigenvalue weighted by atomic mass is 10.1. The molecular weight excluding hydrogens is 458 g/mol. The van der Waals surface area contributed by atoms with Crippen LogP contribution in [0.4, 0.5) is 11.4 Å². The van der Waals surface area contributed by atoms with E-state index in [0.717, 1.165) is 80.6 Å². The number of rotatable bonds is 10. The first-order valence-electron chi connectivity index (χ1n) is 12.8. The van der Waals surface area contributed by atoms with Crippen molar-refractivity contribution in [2.24, 2.45) is 0 Å². The van der Waals surface area contributed by atoms with Gasteiger partial charge in [-0.05, 0) is 56.0 Å². The van der Waals surface area contributed by atoms with Gasteiger partial charge in [-0.3, -0.25) is 9.21 Å². The summed E-state index contributed by atoms with van der Waals surface area (Å²) in [7, 11) is -3.43. The van der Waals surface area contributed by atoms with Crippen LogP contribution in [0, 0.1) is 0 Å². The maximum absolute atomic E-state index is 13.1. The molecule has 0 spiro atoms. The molecule has 2 aliphatic heterocycles. The quantitative estimate of drug-likeness (QED) is 0.367. The van der Waals surface area contributed by atoms with Crippen LogP contribution in [-0.2, 0) is 10.0 Å². The largest absolute Gasteiger partial charge is 0.492 e. The Morgan fingerprint density at radius 3 is 2.23 bits per heavy atom. The fraction of sp³-hybridized carbons (Fsp3) is 0.429. The van der Waals surface area contributed by atoms with E-state index in [4.69, 9.17) is 4.74 Å². The Morgan fingerprint density at radius 1 is 0.771 bits per heavy atom. The Balaban J connectivity index is 1.05. The molecule has 2 heterocycles. The number of ether oxygens (including phenoxy) is 1. The molecule has 0 amide bonds. The highest BCUT2D eigenvalue weighted by Crippen LogP contribution is 2.42. The van der Waals surface area contributed by atoms with E-state index in [1.165, 1.54) is 5.69 Å². The van der Waals surface area contributed by atoms with Gasteiger partial charge in [0.25, 0.3) is 10.0 Å². The van der Waals surface area contributed by atoms with Crippen molar-refractivity contribution >= 4 is 32.2 Å². The third-order valence-electron chi connectivity index (χ3n) is 7.14. The predicted molar refractivity (Wildman–Crippen MR) is 143 cm³/mol. The molecule has 0 saturated carbocycles. The first-order valence-corrected chi connectivity index (χ1v) is 14.3. The molecule has 3 aromatic rings. The van der Waals surface area contributed by atoms with Gasteiger partial charge in [0.15, 0.2) is 0 Å². The number of nitrogens with zero attached hydrogens (tertiary/aromatic N) is 3. The molecule has 7 heteroatoms. The summed E-state index contributed by atoms with van der Waals surface area (Å²) in [6.07, 6.45) is 4.20. The van der Waals surface area contributed by atoms with E-state index in [-0.39, 0.29) is 0 Å². The zero-order chi connectivity index (χ0) is 24.3. The van der Waals surface area contributed by atoms with Gasteiger partial charge in [0.1, 0.15) is 5.75 Å². The van der Waals surface area contributed by atoms with Crippen molar-refractivity contribution in [3.63, 3.8) is 0 Å². The monoisotopic (exact) mass is 493 g/mol. The molecule has 1 fully saturated rings. The minimum atomic E-state index is -3.43. The molecule has 6 nitrogen and oxygen atoms in total. The van der Waals surface area contributed by atoms with E-state index in [1.54, 1.807) is 10.4 Å². The Kier molecular flexibility index (Phi) is 7.16. The summed E-state index contributed by atoms with van der Waals surface area (Å²) in [6, 6.07) is 19.7. The van der Waals surface area contributed by atoms with Gasteiger partial charge in [-0.25, -0.2) is 8.42 Å². The first kappa shape index (κ1) is 23.9. The van der Waals surface area contributed by atoms with Crippen LogP contribution in [0.3, 0.4) is 0 Å². The van der Waals surface area contributed by atoms with Crippen molar-refractivity contribution in [1.29, 1.82) is 0 Å². The molecule has 186 valence electrons. The van der Waals surface area contributed by atoms with Gasteiger partial charge in [0.05, 0.1) is 22.9 Å². The maximum atomic E-state index is 13.1. The number of piperazine rings is 1. The lowest BCUT2D eigenvalue weighted by molar-refractivity contribution is 0.251. The van der Waals surface area contributed by atoms with Crippen molar-refractivity contribution < 1.29 is 13.2 Å². The van der Waals surface area contributed by atoms with Crippen LogP contribution in [0.2, 0.25) is 0 Å². The number of unbranched alkanes of at least 4 members (excludes halogenated alkanes) is 3. The molecule has 3 aromatic carbocycles. The SMILES string of the molecule is CCOc1ccccc1N1CCN(CCCCCCN2c3cccc4cccc(c34)S2(=O)=O)CC1. The van der Waals surface area contributed by atoms with Gasteiger partial charge >= 0.3 is 0 Å². The summed E-state index contributed by atoms with van der Waals surface area (Å²) >= 11 is 0. The molecule has 0 N–H and O–H groups in total. The minimum Gasteiger partial charge on any atom is -0.492 e. The zero-order valence-corrected chi connectivity index (χ0v) is 21.3. The third-order valence-corrected chi connectivity index (χ3v) is 9.00. The number of sulfonamides is 1. The van der Waals surface area contributed by atoms with Gasteiger partial charge in [0, 0.05) is 38.1 Å². The summed E-state index contributed by atoms with van der Waals surface area (Å²) in [5, 5.41) is 1.87. The Labute approximate surface area is 209 Å². The van der Waals surface area contributed by atoms with E-state index in [9.17, 15) is 8.42 Å². The van der Waals surface area contributed by atoms with Gasteiger partial charge in [0.2, 0.25) is 0 Å².